The van der Waals surface area contributed by atoms with Gasteiger partial charge in [-0.2, -0.15) is 0 Å². The van der Waals surface area contributed by atoms with E-state index in [1.165, 1.54) is 12.8 Å². The molecule has 1 aliphatic heterocycles. The van der Waals surface area contributed by atoms with Gasteiger partial charge >= 0.3 is 0 Å². The minimum absolute atomic E-state index is 0.000000000000000444. The summed E-state index contributed by atoms with van der Waals surface area (Å²) in [6.07, 6.45) is 8.24. The first kappa shape index (κ1) is 21.7. The summed E-state index contributed by atoms with van der Waals surface area (Å²) in [6.45, 7) is 3.71. The van der Waals surface area contributed by atoms with Gasteiger partial charge in [-0.1, -0.05) is 38.7 Å². The highest BCUT2D eigenvalue weighted by Crippen LogP contribution is 2.14. The number of carbonyl (C=O) groups is 3. The minimum Gasteiger partial charge on any atom is -0.370 e. The maximum absolute atomic E-state index is 12.3. The Bertz CT molecular complexity index is 594. The fourth-order valence-corrected chi connectivity index (χ4v) is 2.81. The summed E-state index contributed by atoms with van der Waals surface area (Å²) in [7, 11) is 0. The van der Waals surface area contributed by atoms with Gasteiger partial charge in [0, 0.05) is 30.6 Å². The number of benzene rings is 1. The lowest BCUT2D eigenvalue weighted by molar-refractivity contribution is -0.118. The van der Waals surface area contributed by atoms with E-state index >= 15 is 0 Å². The first-order valence-corrected chi connectivity index (χ1v) is 9.43. The van der Waals surface area contributed by atoms with Gasteiger partial charge in [0.1, 0.15) is 0 Å². The van der Waals surface area contributed by atoms with Crippen molar-refractivity contribution >= 4 is 17.7 Å². The molecule has 1 aromatic rings. The molecule has 0 spiro atoms. The summed E-state index contributed by atoms with van der Waals surface area (Å²) in [6, 6.07) is 6.64. The Morgan fingerprint density at radius 2 is 1.58 bits per heavy atom. The van der Waals surface area contributed by atoms with Gasteiger partial charge in [0.05, 0.1) is 0 Å². The van der Waals surface area contributed by atoms with E-state index in [1.54, 1.807) is 24.3 Å². The topological polar surface area (TPSA) is 106 Å². The standard InChI is InChI=1S/C14H18N2O2.C6H13NO/c15-13(17)11-6-5-7-12(10-11)14(18)16-8-3-1-2-4-9-16;1-2-3-4-5-6(7)8/h5-7,10H,1-4,8-9H2,(H2,15,17);2-5H2,1H3,(H2,7,8). The molecule has 3 amide bonds. The van der Waals surface area contributed by atoms with Gasteiger partial charge in [0.2, 0.25) is 11.8 Å². The lowest BCUT2D eigenvalue weighted by Gasteiger charge is -2.20. The van der Waals surface area contributed by atoms with E-state index in [-0.39, 0.29) is 11.8 Å². The number of likely N-dealkylation sites (tertiary alicyclic amines) is 1. The van der Waals surface area contributed by atoms with Crippen LogP contribution in [0, 0.1) is 0 Å². The number of rotatable bonds is 6. The van der Waals surface area contributed by atoms with Crippen molar-refractivity contribution in [2.45, 2.75) is 58.3 Å². The van der Waals surface area contributed by atoms with E-state index in [1.807, 2.05) is 4.90 Å². The van der Waals surface area contributed by atoms with Crippen LogP contribution >= 0.6 is 0 Å². The van der Waals surface area contributed by atoms with Crippen LogP contribution in [0.4, 0.5) is 0 Å². The zero-order valence-corrected chi connectivity index (χ0v) is 15.7. The van der Waals surface area contributed by atoms with Crippen LogP contribution in [0.2, 0.25) is 0 Å². The Morgan fingerprint density at radius 3 is 2.12 bits per heavy atom. The molecule has 144 valence electrons. The van der Waals surface area contributed by atoms with Gasteiger partial charge in [-0.15, -0.1) is 0 Å². The van der Waals surface area contributed by atoms with E-state index < -0.39 is 5.91 Å². The highest BCUT2D eigenvalue weighted by atomic mass is 16.2. The van der Waals surface area contributed by atoms with Gasteiger partial charge in [0.25, 0.3) is 5.91 Å². The molecule has 1 aromatic carbocycles. The van der Waals surface area contributed by atoms with Crippen molar-refractivity contribution in [3.05, 3.63) is 35.4 Å². The van der Waals surface area contributed by atoms with Crippen molar-refractivity contribution in [3.8, 4) is 0 Å². The molecule has 1 aliphatic rings. The molecule has 0 unspecified atom stereocenters. The third-order valence-corrected chi connectivity index (χ3v) is 4.31. The number of primary amides is 2. The minimum atomic E-state index is -0.500. The second kappa shape index (κ2) is 12.1. The molecule has 0 atom stereocenters. The van der Waals surface area contributed by atoms with E-state index in [2.05, 4.69) is 6.92 Å². The zero-order valence-electron chi connectivity index (χ0n) is 15.7. The number of unbranched alkanes of at least 4 members (excludes halogenated alkanes) is 2. The number of carbonyl (C=O) groups excluding carboxylic acids is 3. The van der Waals surface area contributed by atoms with E-state index in [9.17, 15) is 14.4 Å². The molecule has 4 N–H and O–H groups in total. The average molecular weight is 361 g/mol. The largest absolute Gasteiger partial charge is 0.370 e. The number of nitrogens with two attached hydrogens (primary N) is 2. The molecular formula is C20H31N3O3. The van der Waals surface area contributed by atoms with Crippen LogP contribution in [-0.2, 0) is 4.79 Å². The lowest BCUT2D eigenvalue weighted by Crippen LogP contribution is -2.32. The molecule has 6 nitrogen and oxygen atoms in total. The van der Waals surface area contributed by atoms with Crippen molar-refractivity contribution < 1.29 is 14.4 Å². The molecule has 1 heterocycles. The molecule has 2 rings (SSSR count). The van der Waals surface area contributed by atoms with Crippen LogP contribution in [0.15, 0.2) is 24.3 Å². The van der Waals surface area contributed by atoms with Gasteiger partial charge in [-0.05, 0) is 37.5 Å². The molecule has 0 radical (unpaired) electrons. The van der Waals surface area contributed by atoms with Crippen LogP contribution < -0.4 is 11.5 Å². The third kappa shape index (κ3) is 8.14. The fraction of sp³-hybridized carbons (Fsp3) is 0.550. The first-order chi connectivity index (χ1) is 12.5. The molecule has 0 bridgehead atoms. The maximum atomic E-state index is 12.3. The summed E-state index contributed by atoms with van der Waals surface area (Å²) in [4.78, 5) is 35.4. The molecule has 26 heavy (non-hydrogen) atoms. The Labute approximate surface area is 155 Å². The van der Waals surface area contributed by atoms with E-state index in [0.29, 0.717) is 17.5 Å². The van der Waals surface area contributed by atoms with Gasteiger partial charge in [0.15, 0.2) is 0 Å². The molecule has 1 fully saturated rings. The summed E-state index contributed by atoms with van der Waals surface area (Å²) < 4.78 is 0. The summed E-state index contributed by atoms with van der Waals surface area (Å²) in [5, 5.41) is 0. The van der Waals surface area contributed by atoms with Crippen molar-refractivity contribution in [2.24, 2.45) is 11.5 Å². The fourth-order valence-electron chi connectivity index (χ4n) is 2.81. The lowest BCUT2D eigenvalue weighted by atomic mass is 10.1. The first-order valence-electron chi connectivity index (χ1n) is 9.43. The van der Waals surface area contributed by atoms with E-state index in [4.69, 9.17) is 11.5 Å². The molecule has 0 aromatic heterocycles. The summed E-state index contributed by atoms with van der Waals surface area (Å²) in [5.41, 5.74) is 11.1. The molecule has 0 saturated carbocycles. The zero-order chi connectivity index (χ0) is 19.4. The van der Waals surface area contributed by atoms with Gasteiger partial charge < -0.3 is 16.4 Å². The highest BCUT2D eigenvalue weighted by Gasteiger charge is 2.17. The van der Waals surface area contributed by atoms with Crippen molar-refractivity contribution in [1.82, 2.24) is 4.90 Å². The van der Waals surface area contributed by atoms with Gasteiger partial charge in [-0.25, -0.2) is 0 Å². The van der Waals surface area contributed by atoms with Crippen molar-refractivity contribution in [2.75, 3.05) is 13.1 Å². The van der Waals surface area contributed by atoms with Crippen LogP contribution in [0.5, 0.6) is 0 Å². The SMILES string of the molecule is CCCCCC(N)=O.NC(=O)c1cccc(C(=O)N2CCCCCC2)c1. The maximum Gasteiger partial charge on any atom is 0.253 e. The van der Waals surface area contributed by atoms with E-state index in [0.717, 1.165) is 45.2 Å². The Kier molecular flexibility index (Phi) is 10.1. The molecule has 0 aliphatic carbocycles. The number of amides is 3. The second-order valence-corrected chi connectivity index (χ2v) is 6.57. The second-order valence-electron chi connectivity index (χ2n) is 6.57. The Balaban J connectivity index is 0.000000359. The smallest absolute Gasteiger partial charge is 0.253 e. The number of nitrogens with zero attached hydrogens (tertiary/aromatic N) is 1. The Hall–Kier alpha value is -2.37. The monoisotopic (exact) mass is 361 g/mol. The van der Waals surface area contributed by atoms with Crippen molar-refractivity contribution in [3.63, 3.8) is 0 Å². The predicted molar refractivity (Wildman–Crippen MR) is 103 cm³/mol. The van der Waals surface area contributed by atoms with Crippen LogP contribution in [0.3, 0.4) is 0 Å². The van der Waals surface area contributed by atoms with Crippen LogP contribution in [-0.4, -0.2) is 35.7 Å². The summed E-state index contributed by atoms with van der Waals surface area (Å²) in [5.74, 6) is -0.682. The van der Waals surface area contributed by atoms with Gasteiger partial charge in [-0.3, -0.25) is 14.4 Å². The normalized spacial score (nSPS) is 14.0. The molecular weight excluding hydrogens is 330 g/mol. The molecule has 6 heteroatoms. The predicted octanol–water partition coefficient (Wildman–Crippen LogP) is 2.85. The average Bonchev–Trinajstić information content (AvgIpc) is 2.91. The summed E-state index contributed by atoms with van der Waals surface area (Å²) >= 11 is 0. The molecule has 1 saturated heterocycles. The Morgan fingerprint density at radius 1 is 0.962 bits per heavy atom. The highest BCUT2D eigenvalue weighted by molar-refractivity contribution is 5.99. The quantitative estimate of drug-likeness (QED) is 0.761. The van der Waals surface area contributed by atoms with Crippen LogP contribution in [0.25, 0.3) is 0 Å². The third-order valence-electron chi connectivity index (χ3n) is 4.31. The number of hydrogen-bond acceptors (Lipinski definition) is 3. The van der Waals surface area contributed by atoms with Crippen LogP contribution in [0.1, 0.15) is 79.0 Å². The van der Waals surface area contributed by atoms with Crippen molar-refractivity contribution in [1.29, 1.82) is 0 Å². The number of hydrogen-bond donors (Lipinski definition) is 2.